The summed E-state index contributed by atoms with van der Waals surface area (Å²) in [4.78, 5) is 27.8. The minimum absolute atomic E-state index is 0.0650. The monoisotopic (exact) mass is 341 g/mol. The molecule has 0 spiro atoms. The van der Waals surface area contributed by atoms with Crippen LogP contribution in [0.25, 0.3) is 0 Å². The molecule has 1 amide bonds. The third-order valence-corrected chi connectivity index (χ3v) is 4.22. The molecule has 10 heteroatoms. The van der Waals surface area contributed by atoms with E-state index in [-0.39, 0.29) is 17.6 Å². The van der Waals surface area contributed by atoms with E-state index in [1.54, 1.807) is 4.90 Å². The van der Waals surface area contributed by atoms with Crippen LogP contribution in [0.5, 0.6) is 0 Å². The summed E-state index contributed by atoms with van der Waals surface area (Å²) in [6.45, 7) is 0.403. The van der Waals surface area contributed by atoms with Gasteiger partial charge in [-0.25, -0.2) is 13.8 Å². The Bertz CT molecular complexity index is 640. The molecule has 3 heterocycles. The summed E-state index contributed by atoms with van der Waals surface area (Å²) in [5, 5.41) is 16.3. The minimum Gasteiger partial charge on any atom is -0.365 e. The Morgan fingerprint density at radius 3 is 2.88 bits per heavy atom. The lowest BCUT2D eigenvalue weighted by Gasteiger charge is -2.21. The van der Waals surface area contributed by atoms with Crippen molar-refractivity contribution >= 4 is 17.4 Å². The zero-order chi connectivity index (χ0) is 17.3. The van der Waals surface area contributed by atoms with Crippen molar-refractivity contribution in [2.75, 3.05) is 25.0 Å². The molecule has 130 valence electrons. The number of alkyl halides is 2. The van der Waals surface area contributed by atoms with Crippen LogP contribution < -0.4 is 10.6 Å². The number of rotatable bonds is 4. The molecule has 2 N–H and O–H groups in total. The number of carbonyl (C=O) groups excluding carboxylic acids is 1. The van der Waals surface area contributed by atoms with Crippen LogP contribution in [0.1, 0.15) is 12.8 Å². The van der Waals surface area contributed by atoms with Crippen molar-refractivity contribution in [3.63, 3.8) is 0 Å². The maximum Gasteiger partial charge on any atom is 0.287 e. The Kier molecular flexibility index (Phi) is 4.31. The van der Waals surface area contributed by atoms with Gasteiger partial charge in [0.25, 0.3) is 11.6 Å². The van der Waals surface area contributed by atoms with E-state index in [2.05, 4.69) is 15.6 Å². The van der Waals surface area contributed by atoms with Crippen LogP contribution in [-0.4, -0.2) is 58.4 Å². The van der Waals surface area contributed by atoms with Crippen molar-refractivity contribution in [2.24, 2.45) is 0 Å². The van der Waals surface area contributed by atoms with Gasteiger partial charge in [0.05, 0.1) is 17.5 Å². The molecule has 0 radical (unpaired) electrons. The molecule has 2 aliphatic rings. The molecule has 1 aromatic rings. The van der Waals surface area contributed by atoms with Gasteiger partial charge < -0.3 is 10.2 Å². The number of hydrogen-bond donors (Lipinski definition) is 2. The van der Waals surface area contributed by atoms with Gasteiger partial charge in [0.2, 0.25) is 5.91 Å². The molecule has 2 fully saturated rings. The van der Waals surface area contributed by atoms with Gasteiger partial charge in [0, 0.05) is 31.6 Å². The van der Waals surface area contributed by atoms with E-state index in [1.165, 1.54) is 12.1 Å². The van der Waals surface area contributed by atoms with Crippen molar-refractivity contribution < 1.29 is 18.5 Å². The fourth-order valence-electron chi connectivity index (χ4n) is 2.98. The largest absolute Gasteiger partial charge is 0.365 e. The second-order valence-corrected chi connectivity index (χ2v) is 6.07. The topological polar surface area (TPSA) is 100 Å². The Labute approximate surface area is 136 Å². The molecule has 2 saturated heterocycles. The van der Waals surface area contributed by atoms with E-state index >= 15 is 0 Å². The zero-order valence-corrected chi connectivity index (χ0v) is 12.7. The summed E-state index contributed by atoms with van der Waals surface area (Å²) in [6, 6.07) is 1.94. The highest BCUT2D eigenvalue weighted by Gasteiger charge is 2.44. The molecule has 0 aromatic carbocycles. The van der Waals surface area contributed by atoms with Gasteiger partial charge in [0.1, 0.15) is 12.0 Å². The van der Waals surface area contributed by atoms with Crippen molar-refractivity contribution in [3.8, 4) is 0 Å². The number of pyridine rings is 1. The number of halogens is 2. The number of aromatic nitrogens is 1. The predicted molar refractivity (Wildman–Crippen MR) is 80.9 cm³/mol. The van der Waals surface area contributed by atoms with Crippen LogP contribution in [0.3, 0.4) is 0 Å². The summed E-state index contributed by atoms with van der Waals surface area (Å²) in [7, 11) is 0. The van der Waals surface area contributed by atoms with E-state index in [4.69, 9.17) is 0 Å². The van der Waals surface area contributed by atoms with Gasteiger partial charge in [-0.2, -0.15) is 0 Å². The van der Waals surface area contributed by atoms with Crippen molar-refractivity contribution in [1.29, 1.82) is 0 Å². The SMILES string of the molecule is O=C(C1CC(F)(F)CN1)N1CCC(Nc2ccc([N+](=O)[O-])cn2)C1. The van der Waals surface area contributed by atoms with Gasteiger partial charge in [-0.15, -0.1) is 0 Å². The highest BCUT2D eigenvalue weighted by atomic mass is 19.3. The maximum atomic E-state index is 13.2. The van der Waals surface area contributed by atoms with Gasteiger partial charge in [-0.3, -0.25) is 20.2 Å². The number of anilines is 1. The summed E-state index contributed by atoms with van der Waals surface area (Å²) in [5.41, 5.74) is -0.1000. The normalized spacial score (nSPS) is 25.7. The molecule has 1 aromatic heterocycles. The van der Waals surface area contributed by atoms with Gasteiger partial charge in [-0.1, -0.05) is 0 Å². The van der Waals surface area contributed by atoms with Crippen LogP contribution in [0.4, 0.5) is 20.3 Å². The lowest BCUT2D eigenvalue weighted by atomic mass is 10.2. The number of nitro groups is 1. The van der Waals surface area contributed by atoms with E-state index in [9.17, 15) is 23.7 Å². The van der Waals surface area contributed by atoms with E-state index in [0.717, 1.165) is 6.20 Å². The number of carbonyl (C=O) groups is 1. The fraction of sp³-hybridized carbons (Fsp3) is 0.571. The smallest absolute Gasteiger partial charge is 0.287 e. The molecule has 0 bridgehead atoms. The first-order chi connectivity index (χ1) is 11.3. The van der Waals surface area contributed by atoms with Gasteiger partial charge in [-0.05, 0) is 12.5 Å². The number of nitrogens with one attached hydrogen (secondary N) is 2. The van der Waals surface area contributed by atoms with Crippen LogP contribution in [0.2, 0.25) is 0 Å². The molecule has 3 rings (SSSR count). The number of nitrogens with zero attached hydrogens (tertiary/aromatic N) is 3. The Hall–Kier alpha value is -2.36. The van der Waals surface area contributed by atoms with E-state index in [0.29, 0.717) is 25.3 Å². The Morgan fingerprint density at radius 1 is 1.50 bits per heavy atom. The molecule has 2 atom stereocenters. The van der Waals surface area contributed by atoms with E-state index < -0.39 is 29.9 Å². The summed E-state index contributed by atoms with van der Waals surface area (Å²) in [5.74, 6) is -2.67. The van der Waals surface area contributed by atoms with E-state index in [1.807, 2.05) is 0 Å². The van der Waals surface area contributed by atoms with Gasteiger partial charge in [0.15, 0.2) is 0 Å². The predicted octanol–water partition coefficient (Wildman–Crippen LogP) is 1.000. The Morgan fingerprint density at radius 2 is 2.29 bits per heavy atom. The molecule has 24 heavy (non-hydrogen) atoms. The lowest BCUT2D eigenvalue weighted by Crippen LogP contribution is -2.43. The van der Waals surface area contributed by atoms with Crippen LogP contribution in [-0.2, 0) is 4.79 Å². The highest BCUT2D eigenvalue weighted by molar-refractivity contribution is 5.82. The average Bonchev–Trinajstić information content (AvgIpc) is 3.13. The van der Waals surface area contributed by atoms with Crippen molar-refractivity contribution in [3.05, 3.63) is 28.4 Å². The Balaban J connectivity index is 1.53. The van der Waals surface area contributed by atoms with Crippen molar-refractivity contribution in [1.82, 2.24) is 15.2 Å². The third-order valence-electron chi connectivity index (χ3n) is 4.22. The third kappa shape index (κ3) is 3.58. The first-order valence-electron chi connectivity index (χ1n) is 7.61. The summed E-state index contributed by atoms with van der Waals surface area (Å²) >= 11 is 0. The molecule has 2 aliphatic heterocycles. The number of amides is 1. The quantitative estimate of drug-likeness (QED) is 0.626. The number of likely N-dealkylation sites (tertiary alicyclic amines) is 1. The minimum atomic E-state index is -2.83. The standard InChI is InChI=1S/C14H17F2N5O3/c15-14(16)5-11(18-8-14)13(22)20-4-3-9(7-20)19-12-2-1-10(6-17-12)21(23)24/h1-2,6,9,11,18H,3-5,7-8H2,(H,17,19). The zero-order valence-electron chi connectivity index (χ0n) is 12.7. The molecule has 2 unspecified atom stereocenters. The molecule has 0 aliphatic carbocycles. The second-order valence-electron chi connectivity index (χ2n) is 6.07. The van der Waals surface area contributed by atoms with Crippen LogP contribution >= 0.6 is 0 Å². The molecule has 0 saturated carbocycles. The van der Waals surface area contributed by atoms with Crippen LogP contribution in [0.15, 0.2) is 18.3 Å². The van der Waals surface area contributed by atoms with Crippen LogP contribution in [0, 0.1) is 10.1 Å². The second kappa shape index (κ2) is 6.27. The summed E-state index contributed by atoms with van der Waals surface area (Å²) < 4.78 is 26.4. The molecular formula is C14H17F2N5O3. The first-order valence-corrected chi connectivity index (χ1v) is 7.61. The number of hydrogen-bond acceptors (Lipinski definition) is 6. The first kappa shape index (κ1) is 16.5. The fourth-order valence-corrected chi connectivity index (χ4v) is 2.98. The maximum absolute atomic E-state index is 13.2. The molecule has 8 nitrogen and oxygen atoms in total. The van der Waals surface area contributed by atoms with Crippen molar-refractivity contribution in [2.45, 2.75) is 30.8 Å². The average molecular weight is 341 g/mol. The molecular weight excluding hydrogens is 324 g/mol. The van der Waals surface area contributed by atoms with Gasteiger partial charge >= 0.3 is 0 Å². The highest BCUT2D eigenvalue weighted by Crippen LogP contribution is 2.27. The summed E-state index contributed by atoms with van der Waals surface area (Å²) in [6.07, 6.45) is 1.35. The lowest BCUT2D eigenvalue weighted by molar-refractivity contribution is -0.385.